The van der Waals surface area contributed by atoms with E-state index in [1.54, 1.807) is 0 Å². The molecule has 2 aliphatic heterocycles. The summed E-state index contributed by atoms with van der Waals surface area (Å²) >= 11 is 13.6. The minimum absolute atomic E-state index is 0.0541. The Morgan fingerprint density at radius 1 is 1.00 bits per heavy atom. The van der Waals surface area contributed by atoms with E-state index in [9.17, 15) is 0 Å². The van der Waals surface area contributed by atoms with Crippen LogP contribution in [-0.2, 0) is 10.8 Å². The molecule has 0 N–H and O–H groups in total. The Kier molecular flexibility index (Phi) is 6.89. The zero-order valence-corrected chi connectivity index (χ0v) is 24.4. The van der Waals surface area contributed by atoms with E-state index in [1.807, 2.05) is 6.07 Å². The second-order valence-electron chi connectivity index (χ2n) is 9.90. The van der Waals surface area contributed by atoms with Crippen LogP contribution in [0.5, 0.6) is 0 Å². The van der Waals surface area contributed by atoms with E-state index in [-0.39, 0.29) is 10.8 Å². The molecule has 2 aromatic carbocycles. The van der Waals surface area contributed by atoms with Crippen molar-refractivity contribution in [3.8, 4) is 0 Å². The monoisotopic (exact) mass is 599 g/mol. The molecular weight excluding hydrogens is 572 g/mol. The highest BCUT2D eigenvalue weighted by molar-refractivity contribution is 9.12. The van der Waals surface area contributed by atoms with Crippen molar-refractivity contribution in [2.45, 2.75) is 38.5 Å². The summed E-state index contributed by atoms with van der Waals surface area (Å²) < 4.78 is 4.37. The molecule has 34 heavy (non-hydrogen) atoms. The summed E-state index contributed by atoms with van der Waals surface area (Å²) in [6, 6.07) is 12.6. The van der Waals surface area contributed by atoms with Crippen LogP contribution in [0.3, 0.4) is 0 Å². The number of nitrogens with zero attached hydrogens (tertiary/aromatic N) is 2. The van der Waals surface area contributed by atoms with Crippen LogP contribution >= 0.6 is 43.5 Å². The number of likely N-dealkylation sites (N-methyl/N-ethyl adjacent to an activating group) is 1. The summed E-state index contributed by atoms with van der Waals surface area (Å²) in [7, 11) is 4.25. The van der Waals surface area contributed by atoms with Gasteiger partial charge in [0.2, 0.25) is 5.69 Å². The minimum atomic E-state index is -0.102. The first-order valence-corrected chi connectivity index (χ1v) is 13.3. The van der Waals surface area contributed by atoms with E-state index in [0.717, 1.165) is 14.0 Å². The second-order valence-corrected chi connectivity index (χ2v) is 12.2. The third-order valence-corrected chi connectivity index (χ3v) is 8.27. The van der Waals surface area contributed by atoms with Gasteiger partial charge in [-0.3, -0.25) is 0 Å². The van der Waals surface area contributed by atoms with Gasteiger partial charge in [-0.2, -0.15) is 4.58 Å². The van der Waals surface area contributed by atoms with E-state index in [2.05, 4.69) is 150 Å². The van der Waals surface area contributed by atoms with Crippen molar-refractivity contribution in [2.75, 3.05) is 19.0 Å². The minimum Gasteiger partial charge on any atom is -0.347 e. The fourth-order valence-corrected chi connectivity index (χ4v) is 5.97. The molecular formula is C29H30Br2ClN2+. The zero-order chi connectivity index (χ0) is 24.8. The highest BCUT2D eigenvalue weighted by atomic mass is 79.9. The Balaban J connectivity index is 1.52. The van der Waals surface area contributed by atoms with Crippen molar-refractivity contribution in [3.05, 3.63) is 104 Å². The molecule has 0 unspecified atom stereocenters. The van der Waals surface area contributed by atoms with Gasteiger partial charge in [-0.25, -0.2) is 0 Å². The first kappa shape index (κ1) is 25.2. The molecule has 2 heterocycles. The molecule has 176 valence electrons. The molecule has 0 bridgehead atoms. The molecule has 0 amide bonds. The maximum atomic E-state index is 6.27. The fraction of sp³-hybridized carbons (Fsp3) is 0.276. The van der Waals surface area contributed by atoms with E-state index in [4.69, 9.17) is 11.6 Å². The van der Waals surface area contributed by atoms with Crippen molar-refractivity contribution in [1.29, 1.82) is 0 Å². The maximum Gasteiger partial charge on any atom is 0.209 e. The molecule has 0 atom stereocenters. The average Bonchev–Trinajstić information content (AvgIpc) is 3.07. The number of rotatable bonds is 4. The van der Waals surface area contributed by atoms with Gasteiger partial charge >= 0.3 is 0 Å². The van der Waals surface area contributed by atoms with Gasteiger partial charge in [0.05, 0.1) is 5.41 Å². The standard InChI is InChI=1S/C29H30Br2ClN2/c1-28(2)22-17-20(31)13-15-24(22)33(5)26(28)11-7-9-19(30)10-8-12-27-29(3,4)23-18-21(32)14-16-25(23)34(27)6/h7-18H,1-6H3/q+1. The lowest BCUT2D eigenvalue weighted by Crippen LogP contribution is -2.26. The van der Waals surface area contributed by atoms with Gasteiger partial charge in [-0.1, -0.05) is 69.5 Å². The topological polar surface area (TPSA) is 6.25 Å². The van der Waals surface area contributed by atoms with Gasteiger partial charge in [0.15, 0.2) is 5.71 Å². The van der Waals surface area contributed by atoms with Crippen molar-refractivity contribution < 1.29 is 4.58 Å². The number of halogens is 3. The van der Waals surface area contributed by atoms with Crippen molar-refractivity contribution in [3.63, 3.8) is 0 Å². The smallest absolute Gasteiger partial charge is 0.209 e. The lowest BCUT2D eigenvalue weighted by molar-refractivity contribution is -0.401. The average molecular weight is 602 g/mol. The van der Waals surface area contributed by atoms with E-state index >= 15 is 0 Å². The highest BCUT2D eigenvalue weighted by Gasteiger charge is 2.43. The van der Waals surface area contributed by atoms with Crippen LogP contribution in [0.2, 0.25) is 5.02 Å². The lowest BCUT2D eigenvalue weighted by Gasteiger charge is -2.23. The van der Waals surface area contributed by atoms with E-state index < -0.39 is 0 Å². The number of benzene rings is 2. The van der Waals surface area contributed by atoms with Crippen molar-refractivity contribution >= 4 is 60.5 Å². The van der Waals surface area contributed by atoms with Crippen LogP contribution in [0.1, 0.15) is 38.8 Å². The number of hydrogen-bond acceptors (Lipinski definition) is 1. The highest BCUT2D eigenvalue weighted by Crippen LogP contribution is 2.47. The number of fused-ring (bicyclic) bond motifs is 2. The van der Waals surface area contributed by atoms with Crippen LogP contribution in [-0.4, -0.2) is 24.4 Å². The van der Waals surface area contributed by atoms with Crippen LogP contribution in [0.15, 0.2) is 87.5 Å². The van der Waals surface area contributed by atoms with Crippen LogP contribution in [0, 0.1) is 0 Å². The molecule has 0 aliphatic carbocycles. The number of hydrogen-bond donors (Lipinski definition) is 0. The molecule has 0 saturated carbocycles. The second kappa shape index (κ2) is 9.29. The molecule has 4 rings (SSSR count). The normalized spacial score (nSPS) is 20.2. The molecule has 0 fully saturated rings. The zero-order valence-electron chi connectivity index (χ0n) is 20.5. The maximum absolute atomic E-state index is 6.27. The van der Waals surface area contributed by atoms with Crippen LogP contribution in [0.25, 0.3) is 0 Å². The SMILES string of the molecule is CN1/C(=C/C=C/C(Br)=C/C=C/C2=[N+](C)c3ccc(Cl)cc3C2(C)C)C(C)(C)c2cc(Br)ccc21. The van der Waals surface area contributed by atoms with Crippen LogP contribution < -0.4 is 4.90 Å². The Labute approximate surface area is 225 Å². The van der Waals surface area contributed by atoms with Crippen molar-refractivity contribution in [1.82, 2.24) is 0 Å². The van der Waals surface area contributed by atoms with E-state index in [0.29, 0.717) is 0 Å². The Morgan fingerprint density at radius 2 is 1.74 bits per heavy atom. The molecule has 0 saturated heterocycles. The predicted molar refractivity (Wildman–Crippen MR) is 154 cm³/mol. The van der Waals surface area contributed by atoms with Gasteiger partial charge in [0.1, 0.15) is 7.05 Å². The Hall–Kier alpha value is -1.88. The summed E-state index contributed by atoms with van der Waals surface area (Å²) in [5.74, 6) is 0. The Bertz CT molecular complexity index is 1310. The Morgan fingerprint density at radius 3 is 2.47 bits per heavy atom. The summed E-state index contributed by atoms with van der Waals surface area (Å²) in [5, 5.41) is 0.777. The fourth-order valence-electron chi connectivity index (χ4n) is 5.13. The number of anilines is 1. The molecule has 0 aromatic heterocycles. The third-order valence-electron chi connectivity index (χ3n) is 7.01. The molecule has 2 aromatic rings. The molecule has 5 heteroatoms. The number of allylic oxidation sites excluding steroid dienone is 8. The summed E-state index contributed by atoms with van der Waals surface area (Å²) in [5.41, 5.74) is 7.42. The quantitative estimate of drug-likeness (QED) is 0.251. The summed E-state index contributed by atoms with van der Waals surface area (Å²) in [6.45, 7) is 9.04. The van der Waals surface area contributed by atoms with Gasteiger partial charge in [0, 0.05) is 55.5 Å². The predicted octanol–water partition coefficient (Wildman–Crippen LogP) is 8.81. The molecule has 2 aliphatic rings. The van der Waals surface area contributed by atoms with Gasteiger partial charge in [-0.05, 0) is 68.0 Å². The van der Waals surface area contributed by atoms with Gasteiger partial charge in [0.25, 0.3) is 0 Å². The first-order valence-electron chi connectivity index (χ1n) is 11.3. The third kappa shape index (κ3) is 4.41. The van der Waals surface area contributed by atoms with Gasteiger partial charge < -0.3 is 4.90 Å². The van der Waals surface area contributed by atoms with E-state index in [1.165, 1.54) is 33.9 Å². The summed E-state index contributed by atoms with van der Waals surface area (Å²) in [4.78, 5) is 2.28. The lowest BCUT2D eigenvalue weighted by atomic mass is 9.81. The molecule has 0 spiro atoms. The summed E-state index contributed by atoms with van der Waals surface area (Å²) in [6.07, 6.45) is 12.8. The van der Waals surface area contributed by atoms with Crippen molar-refractivity contribution in [2.24, 2.45) is 0 Å². The molecule has 2 nitrogen and oxygen atoms in total. The largest absolute Gasteiger partial charge is 0.347 e. The van der Waals surface area contributed by atoms with Gasteiger partial charge in [-0.15, -0.1) is 0 Å². The van der Waals surface area contributed by atoms with Crippen LogP contribution in [0.4, 0.5) is 11.4 Å². The molecule has 0 radical (unpaired) electrons. The first-order chi connectivity index (χ1) is 15.9.